The molecule has 76 valence electrons. The summed E-state index contributed by atoms with van der Waals surface area (Å²) in [4.78, 5) is 2.71. The van der Waals surface area contributed by atoms with Gasteiger partial charge in [0.1, 0.15) is 0 Å². The van der Waals surface area contributed by atoms with Gasteiger partial charge in [0.2, 0.25) is 0 Å². The summed E-state index contributed by atoms with van der Waals surface area (Å²) in [5.74, 6) is 0. The van der Waals surface area contributed by atoms with Crippen LogP contribution in [-0.2, 0) is 6.54 Å². The lowest BCUT2D eigenvalue weighted by molar-refractivity contribution is -0.695. The van der Waals surface area contributed by atoms with E-state index in [0.717, 1.165) is 6.54 Å². The highest BCUT2D eigenvalue weighted by molar-refractivity contribution is 5.11. The second kappa shape index (κ2) is 6.24. The van der Waals surface area contributed by atoms with Crippen LogP contribution in [0.3, 0.4) is 0 Å². The van der Waals surface area contributed by atoms with Crippen molar-refractivity contribution in [1.82, 2.24) is 0 Å². The highest BCUT2D eigenvalue weighted by atomic mass is 35.5. The van der Waals surface area contributed by atoms with Gasteiger partial charge in [0.05, 0.1) is 6.54 Å². The third-order valence-electron chi connectivity index (χ3n) is 1.72. The molecule has 0 aliphatic heterocycles. The molecule has 0 spiro atoms. The van der Waals surface area contributed by atoms with Crippen molar-refractivity contribution in [2.45, 2.75) is 20.4 Å². The van der Waals surface area contributed by atoms with Gasteiger partial charge in [-0.15, -0.1) is 0 Å². The first-order valence-corrected chi connectivity index (χ1v) is 4.20. The molecular weight excluding hydrogens is 200 g/mol. The number of rotatable bonds is 3. The van der Waals surface area contributed by atoms with Gasteiger partial charge < -0.3 is 12.4 Å². The van der Waals surface area contributed by atoms with Gasteiger partial charge in [-0.2, -0.15) is 0 Å². The van der Waals surface area contributed by atoms with Crippen LogP contribution >= 0.6 is 0 Å². The molecule has 0 fully saturated rings. The van der Waals surface area contributed by atoms with Crippen LogP contribution in [0.2, 0.25) is 0 Å². The smallest absolute Gasteiger partial charge is 0.171 e. The standard InChI is InChI=1S/C9H13N4.ClH/c1-8-5-9(2)7-13(6-8)4-3-11-12-10;/h5-7H,3-4H2,1-2H3;1H/q+1;/p-1. The number of aryl methyl sites for hydroxylation is 2. The molecule has 0 aliphatic rings. The fourth-order valence-electron chi connectivity index (χ4n) is 1.33. The van der Waals surface area contributed by atoms with Gasteiger partial charge in [0.25, 0.3) is 0 Å². The number of azide groups is 1. The Kier molecular flexibility index (Phi) is 5.68. The lowest BCUT2D eigenvalue weighted by atomic mass is 10.2. The van der Waals surface area contributed by atoms with Crippen LogP contribution in [0.15, 0.2) is 23.6 Å². The summed E-state index contributed by atoms with van der Waals surface area (Å²) in [6.45, 7) is 5.35. The van der Waals surface area contributed by atoms with Gasteiger partial charge in [0, 0.05) is 16.0 Å². The molecular formula is C9H13ClN4. The number of hydrogen-bond acceptors (Lipinski definition) is 1. The third-order valence-corrected chi connectivity index (χ3v) is 1.72. The summed E-state index contributed by atoms with van der Waals surface area (Å²) < 4.78 is 2.04. The number of halogens is 1. The van der Waals surface area contributed by atoms with Gasteiger partial charge in [0.15, 0.2) is 18.9 Å². The molecule has 1 heterocycles. The zero-order valence-electron chi connectivity index (χ0n) is 8.31. The summed E-state index contributed by atoms with van der Waals surface area (Å²) in [5.41, 5.74) is 10.5. The van der Waals surface area contributed by atoms with Crippen LogP contribution in [0.4, 0.5) is 0 Å². The predicted octanol–water partition coefficient (Wildman–Crippen LogP) is -1.09. The van der Waals surface area contributed by atoms with E-state index in [1.165, 1.54) is 11.1 Å². The first-order valence-electron chi connectivity index (χ1n) is 4.20. The largest absolute Gasteiger partial charge is 1.00 e. The summed E-state index contributed by atoms with van der Waals surface area (Å²) in [6.07, 6.45) is 4.08. The minimum Gasteiger partial charge on any atom is -1.00 e. The molecule has 1 aromatic heterocycles. The Hall–Kier alpha value is -1.25. The maximum absolute atomic E-state index is 8.10. The molecule has 0 N–H and O–H groups in total. The average Bonchev–Trinajstić information content (AvgIpc) is 2.03. The normalized spacial score (nSPS) is 8.71. The lowest BCUT2D eigenvalue weighted by Gasteiger charge is -1.96. The number of pyridine rings is 1. The van der Waals surface area contributed by atoms with Gasteiger partial charge in [-0.3, -0.25) is 0 Å². The number of aromatic nitrogens is 1. The highest BCUT2D eigenvalue weighted by Crippen LogP contribution is 1.96. The van der Waals surface area contributed by atoms with E-state index < -0.39 is 0 Å². The van der Waals surface area contributed by atoms with Crippen molar-refractivity contribution in [3.63, 3.8) is 0 Å². The Morgan fingerprint density at radius 3 is 2.43 bits per heavy atom. The van der Waals surface area contributed by atoms with Crippen molar-refractivity contribution in [3.05, 3.63) is 40.0 Å². The van der Waals surface area contributed by atoms with Crippen molar-refractivity contribution in [1.29, 1.82) is 0 Å². The van der Waals surface area contributed by atoms with Crippen LogP contribution in [0.5, 0.6) is 0 Å². The summed E-state index contributed by atoms with van der Waals surface area (Å²) in [7, 11) is 0. The van der Waals surface area contributed by atoms with Gasteiger partial charge in [-0.1, -0.05) is 5.11 Å². The van der Waals surface area contributed by atoms with Crippen molar-refractivity contribution in [2.24, 2.45) is 5.11 Å². The van der Waals surface area contributed by atoms with Crippen LogP contribution < -0.4 is 17.0 Å². The molecule has 4 nitrogen and oxygen atoms in total. The SMILES string of the molecule is Cc1cc(C)c[n+](CCN=[N+]=[N-])c1.[Cl-]. The van der Waals surface area contributed by atoms with Gasteiger partial charge in [-0.25, -0.2) is 4.57 Å². The lowest BCUT2D eigenvalue weighted by Crippen LogP contribution is -3.00. The minimum absolute atomic E-state index is 0. The highest BCUT2D eigenvalue weighted by Gasteiger charge is 2.00. The summed E-state index contributed by atoms with van der Waals surface area (Å²) >= 11 is 0. The summed E-state index contributed by atoms with van der Waals surface area (Å²) in [6, 6.07) is 2.12. The second-order valence-corrected chi connectivity index (χ2v) is 3.08. The monoisotopic (exact) mass is 212 g/mol. The quantitative estimate of drug-likeness (QED) is 0.265. The van der Waals surface area contributed by atoms with E-state index in [0.29, 0.717) is 6.54 Å². The Morgan fingerprint density at radius 2 is 1.93 bits per heavy atom. The molecule has 5 heteroatoms. The Morgan fingerprint density at radius 1 is 1.36 bits per heavy atom. The molecule has 1 rings (SSSR count). The third kappa shape index (κ3) is 4.12. The van der Waals surface area contributed by atoms with Crippen LogP contribution in [-0.4, -0.2) is 6.54 Å². The van der Waals surface area contributed by atoms with E-state index in [1.807, 2.05) is 17.0 Å². The van der Waals surface area contributed by atoms with Gasteiger partial charge in [-0.05, 0) is 25.4 Å². The first-order chi connectivity index (χ1) is 6.22. The summed E-state index contributed by atoms with van der Waals surface area (Å²) in [5, 5.41) is 3.49. The van der Waals surface area contributed by atoms with E-state index in [2.05, 4.69) is 29.9 Å². The van der Waals surface area contributed by atoms with E-state index in [9.17, 15) is 0 Å². The zero-order valence-corrected chi connectivity index (χ0v) is 9.07. The molecule has 0 saturated carbocycles. The molecule has 0 saturated heterocycles. The van der Waals surface area contributed by atoms with Crippen molar-refractivity contribution < 1.29 is 17.0 Å². The number of nitrogens with zero attached hydrogens (tertiary/aromatic N) is 4. The Balaban J connectivity index is 0.00000169. The maximum Gasteiger partial charge on any atom is 0.171 e. The van der Waals surface area contributed by atoms with Crippen molar-refractivity contribution in [3.8, 4) is 0 Å². The average molecular weight is 213 g/mol. The predicted molar refractivity (Wildman–Crippen MR) is 50.1 cm³/mol. The fraction of sp³-hybridized carbons (Fsp3) is 0.444. The molecule has 0 aliphatic carbocycles. The Labute approximate surface area is 89.6 Å². The Bertz CT molecular complexity index is 324. The molecule has 0 unspecified atom stereocenters. The van der Waals surface area contributed by atoms with Crippen molar-refractivity contribution >= 4 is 0 Å². The van der Waals surface area contributed by atoms with Crippen LogP contribution in [0, 0.1) is 13.8 Å². The molecule has 1 aromatic rings. The maximum atomic E-state index is 8.10. The fourth-order valence-corrected chi connectivity index (χ4v) is 1.33. The molecule has 0 amide bonds. The topological polar surface area (TPSA) is 52.6 Å². The molecule has 0 bridgehead atoms. The minimum atomic E-state index is 0. The number of hydrogen-bond donors (Lipinski definition) is 0. The molecule has 14 heavy (non-hydrogen) atoms. The molecule has 0 atom stereocenters. The second-order valence-electron chi connectivity index (χ2n) is 3.08. The van der Waals surface area contributed by atoms with E-state index in [4.69, 9.17) is 5.53 Å². The van der Waals surface area contributed by atoms with E-state index in [1.54, 1.807) is 0 Å². The van der Waals surface area contributed by atoms with E-state index in [-0.39, 0.29) is 12.4 Å². The molecule has 0 radical (unpaired) electrons. The zero-order chi connectivity index (χ0) is 9.68. The van der Waals surface area contributed by atoms with Crippen LogP contribution in [0.25, 0.3) is 10.4 Å². The van der Waals surface area contributed by atoms with Crippen LogP contribution in [0.1, 0.15) is 11.1 Å². The van der Waals surface area contributed by atoms with E-state index >= 15 is 0 Å². The first kappa shape index (κ1) is 12.8. The van der Waals surface area contributed by atoms with Crippen molar-refractivity contribution in [2.75, 3.05) is 6.54 Å². The molecule has 0 aromatic carbocycles. The van der Waals surface area contributed by atoms with Gasteiger partial charge >= 0.3 is 0 Å².